The average molecular weight is 442 g/mol. The molecule has 3 heterocycles. The summed E-state index contributed by atoms with van der Waals surface area (Å²) in [5.74, 6) is 0.499. The second-order valence-electron chi connectivity index (χ2n) is 7.35. The van der Waals surface area contributed by atoms with Crippen molar-refractivity contribution in [1.29, 1.82) is 0 Å². The zero-order valence-electron chi connectivity index (χ0n) is 16.2. The van der Waals surface area contributed by atoms with Gasteiger partial charge in [0.1, 0.15) is 18.4 Å². The highest BCUT2D eigenvalue weighted by atomic mass is 32.2. The van der Waals surface area contributed by atoms with Crippen LogP contribution in [0.3, 0.4) is 0 Å². The van der Waals surface area contributed by atoms with Gasteiger partial charge in [-0.2, -0.15) is 17.5 Å². The second-order valence-corrected chi connectivity index (χ2v) is 9.23. The van der Waals surface area contributed by atoms with Gasteiger partial charge in [-0.15, -0.1) is 0 Å². The van der Waals surface area contributed by atoms with Crippen molar-refractivity contribution in [1.82, 2.24) is 18.4 Å². The van der Waals surface area contributed by atoms with E-state index >= 15 is 0 Å². The lowest BCUT2D eigenvalue weighted by Crippen LogP contribution is -2.41. The maximum atomic E-state index is 12.8. The molecular weight excluding hydrogens is 421 g/mol. The summed E-state index contributed by atoms with van der Waals surface area (Å²) < 4.78 is 73.8. The number of sulfonamides is 1. The van der Waals surface area contributed by atoms with Gasteiger partial charge in [0.25, 0.3) is 10.0 Å². The fourth-order valence-corrected chi connectivity index (χ4v) is 5.09. The molecule has 0 unspecified atom stereocenters. The number of ether oxygens (including phenoxy) is 1. The third-order valence-electron chi connectivity index (χ3n) is 5.10. The molecule has 3 aromatic rings. The number of benzene rings is 1. The maximum absolute atomic E-state index is 12.8. The average Bonchev–Trinajstić information content (AvgIpc) is 3.29. The maximum Gasteiger partial charge on any atom is 0.406 e. The molecule has 1 saturated heterocycles. The van der Waals surface area contributed by atoms with E-state index in [-0.39, 0.29) is 24.2 Å². The summed E-state index contributed by atoms with van der Waals surface area (Å²) in [5, 5.41) is 0.616. The van der Waals surface area contributed by atoms with Gasteiger partial charge in [-0.05, 0) is 31.0 Å². The molecule has 0 saturated carbocycles. The molecule has 1 fully saturated rings. The molecule has 30 heavy (non-hydrogen) atoms. The Balaban J connectivity index is 1.45. The van der Waals surface area contributed by atoms with Gasteiger partial charge in [0.05, 0.1) is 11.8 Å². The van der Waals surface area contributed by atoms with Crippen molar-refractivity contribution >= 4 is 20.9 Å². The van der Waals surface area contributed by atoms with Crippen LogP contribution in [0.4, 0.5) is 13.2 Å². The summed E-state index contributed by atoms with van der Waals surface area (Å²) in [4.78, 5) is 3.93. The van der Waals surface area contributed by atoms with Gasteiger partial charge in [-0.3, -0.25) is 0 Å². The molecule has 7 nitrogen and oxygen atoms in total. The monoisotopic (exact) mass is 442 g/mol. The number of hydrogen-bond acceptors (Lipinski definition) is 4. The molecule has 0 N–H and O–H groups in total. The SMILES string of the molecule is Cn1cnc(S(=O)(=O)N2CCC(Oc3cccc4c3ccn4CC(F)(F)F)CC2)c1. The van der Waals surface area contributed by atoms with Gasteiger partial charge in [0, 0.05) is 37.9 Å². The zero-order valence-corrected chi connectivity index (χ0v) is 17.0. The van der Waals surface area contributed by atoms with Crippen molar-refractivity contribution in [2.24, 2.45) is 7.05 Å². The quantitative estimate of drug-likeness (QED) is 0.609. The van der Waals surface area contributed by atoms with Crippen molar-refractivity contribution in [2.45, 2.75) is 36.7 Å². The summed E-state index contributed by atoms with van der Waals surface area (Å²) in [7, 11) is -1.95. The number of imidazole rings is 1. The molecule has 1 aromatic carbocycles. The fraction of sp³-hybridized carbons (Fsp3) is 0.421. The molecule has 0 bridgehead atoms. The standard InChI is InChI=1S/C19H21F3N4O3S/c1-24-11-18(23-13-24)30(27,28)26-9-5-14(6-10-26)29-17-4-2-3-16-15(17)7-8-25(16)12-19(20,21)22/h2-4,7-8,11,13-14H,5-6,9-10,12H2,1H3. The second kappa shape index (κ2) is 7.62. The van der Waals surface area contributed by atoms with E-state index in [4.69, 9.17) is 4.74 Å². The highest BCUT2D eigenvalue weighted by Crippen LogP contribution is 2.31. The molecule has 2 aromatic heterocycles. The number of aryl methyl sites for hydroxylation is 1. The predicted octanol–water partition coefficient (Wildman–Crippen LogP) is 3.17. The van der Waals surface area contributed by atoms with Crippen LogP contribution >= 0.6 is 0 Å². The van der Waals surface area contributed by atoms with E-state index in [0.29, 0.717) is 29.5 Å². The first-order valence-electron chi connectivity index (χ1n) is 9.43. The number of alkyl halides is 3. The molecule has 0 radical (unpaired) electrons. The largest absolute Gasteiger partial charge is 0.490 e. The first kappa shape index (κ1) is 20.7. The molecule has 11 heteroatoms. The summed E-state index contributed by atoms with van der Waals surface area (Å²) >= 11 is 0. The Morgan fingerprint density at radius 1 is 1.20 bits per heavy atom. The Hall–Kier alpha value is -2.53. The summed E-state index contributed by atoms with van der Waals surface area (Å²) in [6.45, 7) is -0.493. The lowest BCUT2D eigenvalue weighted by Gasteiger charge is -2.31. The number of nitrogens with zero attached hydrogens (tertiary/aromatic N) is 4. The number of fused-ring (bicyclic) bond motifs is 1. The van der Waals surface area contributed by atoms with Gasteiger partial charge >= 0.3 is 6.18 Å². The smallest absolute Gasteiger partial charge is 0.406 e. The van der Waals surface area contributed by atoms with Gasteiger partial charge in [0.2, 0.25) is 0 Å². The van der Waals surface area contributed by atoms with E-state index in [1.54, 1.807) is 35.9 Å². The predicted molar refractivity (Wildman–Crippen MR) is 104 cm³/mol. The van der Waals surface area contributed by atoms with E-state index in [9.17, 15) is 21.6 Å². The van der Waals surface area contributed by atoms with Crippen molar-refractivity contribution in [3.63, 3.8) is 0 Å². The topological polar surface area (TPSA) is 69.4 Å². The number of rotatable bonds is 5. The third-order valence-corrected chi connectivity index (χ3v) is 6.89. The number of piperidine rings is 1. The number of halogens is 3. The molecule has 162 valence electrons. The van der Waals surface area contributed by atoms with E-state index in [1.807, 2.05) is 0 Å². The number of hydrogen-bond donors (Lipinski definition) is 0. The van der Waals surface area contributed by atoms with Crippen LogP contribution in [0.5, 0.6) is 5.75 Å². The fourth-order valence-electron chi connectivity index (χ4n) is 3.65. The molecule has 0 aliphatic carbocycles. The lowest BCUT2D eigenvalue weighted by atomic mass is 10.1. The van der Waals surface area contributed by atoms with E-state index in [0.717, 1.165) is 4.57 Å². The van der Waals surface area contributed by atoms with Crippen molar-refractivity contribution in [3.05, 3.63) is 43.0 Å². The van der Waals surface area contributed by atoms with Crippen LogP contribution in [0.15, 0.2) is 48.0 Å². The Bertz CT molecular complexity index is 1150. The molecule has 0 atom stereocenters. The van der Waals surface area contributed by atoms with Crippen LogP contribution in [0.1, 0.15) is 12.8 Å². The molecule has 0 amide bonds. The number of aromatic nitrogens is 3. The first-order chi connectivity index (χ1) is 14.1. The van der Waals surface area contributed by atoms with Gasteiger partial charge in [0.15, 0.2) is 5.03 Å². The van der Waals surface area contributed by atoms with Crippen LogP contribution in [0, 0.1) is 0 Å². The molecule has 4 rings (SSSR count). The van der Waals surface area contributed by atoms with Crippen molar-refractivity contribution in [3.8, 4) is 5.75 Å². The Morgan fingerprint density at radius 3 is 2.57 bits per heavy atom. The molecular formula is C19H21F3N4O3S. The van der Waals surface area contributed by atoms with Crippen molar-refractivity contribution < 1.29 is 26.3 Å². The summed E-state index contributed by atoms with van der Waals surface area (Å²) in [5.41, 5.74) is 0.444. The van der Waals surface area contributed by atoms with Gasteiger partial charge < -0.3 is 13.9 Å². The lowest BCUT2D eigenvalue weighted by molar-refractivity contribution is -0.139. The Kier molecular flexibility index (Phi) is 5.27. The first-order valence-corrected chi connectivity index (χ1v) is 10.9. The van der Waals surface area contributed by atoms with E-state index < -0.39 is 22.7 Å². The summed E-state index contributed by atoms with van der Waals surface area (Å²) in [6, 6.07) is 6.61. The van der Waals surface area contributed by atoms with Gasteiger partial charge in [-0.25, -0.2) is 13.4 Å². The minimum atomic E-state index is -4.31. The van der Waals surface area contributed by atoms with Crippen LogP contribution in [0.25, 0.3) is 10.9 Å². The van der Waals surface area contributed by atoms with Gasteiger partial charge in [-0.1, -0.05) is 6.07 Å². The molecule has 1 aliphatic rings. The third kappa shape index (κ3) is 4.17. The Morgan fingerprint density at radius 2 is 1.93 bits per heavy atom. The summed E-state index contributed by atoms with van der Waals surface area (Å²) in [6.07, 6.45) is 0.717. The van der Waals surface area contributed by atoms with Crippen LogP contribution < -0.4 is 4.74 Å². The molecule has 1 aliphatic heterocycles. The minimum Gasteiger partial charge on any atom is -0.490 e. The van der Waals surface area contributed by atoms with E-state index in [1.165, 1.54) is 23.0 Å². The van der Waals surface area contributed by atoms with Crippen LogP contribution in [-0.4, -0.2) is 52.2 Å². The highest BCUT2D eigenvalue weighted by Gasteiger charge is 2.32. The van der Waals surface area contributed by atoms with Crippen LogP contribution in [0.2, 0.25) is 0 Å². The zero-order chi connectivity index (χ0) is 21.5. The van der Waals surface area contributed by atoms with E-state index in [2.05, 4.69) is 4.98 Å². The van der Waals surface area contributed by atoms with Crippen LogP contribution in [-0.2, 0) is 23.6 Å². The highest BCUT2D eigenvalue weighted by molar-refractivity contribution is 7.89. The Labute approximate surface area is 171 Å². The molecule has 0 spiro atoms. The van der Waals surface area contributed by atoms with Crippen molar-refractivity contribution in [2.75, 3.05) is 13.1 Å². The minimum absolute atomic E-state index is 0.0140. The normalized spacial score (nSPS) is 16.9.